The Morgan fingerprint density at radius 2 is 1.85 bits per heavy atom. The largest absolute Gasteiger partial charge is 0.313 e. The van der Waals surface area contributed by atoms with E-state index in [1.165, 1.54) is 26.5 Å². The van der Waals surface area contributed by atoms with Crippen molar-refractivity contribution < 1.29 is 0 Å². The van der Waals surface area contributed by atoms with Gasteiger partial charge in [0.15, 0.2) is 0 Å². The van der Waals surface area contributed by atoms with E-state index in [2.05, 4.69) is 56.4 Å². The van der Waals surface area contributed by atoms with Crippen LogP contribution in [0.25, 0.3) is 0 Å². The van der Waals surface area contributed by atoms with Crippen molar-refractivity contribution in [2.75, 3.05) is 6.54 Å². The second kappa shape index (κ2) is 7.16. The normalized spacial score (nSPS) is 10.8. The number of hydrogen-bond donors (Lipinski definition) is 1. The monoisotopic (exact) mass is 305 g/mol. The molecule has 0 amide bonds. The SMILES string of the molecule is CCNCc1ccc(Cl)cc1Sc1cc(C)ccc1C. The van der Waals surface area contributed by atoms with Gasteiger partial charge in [0.25, 0.3) is 0 Å². The molecule has 0 saturated heterocycles. The third-order valence-corrected chi connectivity index (χ3v) is 4.65. The van der Waals surface area contributed by atoms with Crippen LogP contribution in [0.15, 0.2) is 46.2 Å². The Morgan fingerprint density at radius 1 is 1.05 bits per heavy atom. The molecule has 0 atom stereocenters. The Bertz CT molecular complexity index is 596. The zero-order chi connectivity index (χ0) is 14.5. The number of nitrogens with one attached hydrogen (secondary N) is 1. The maximum atomic E-state index is 6.15. The van der Waals surface area contributed by atoms with E-state index in [0.717, 1.165) is 18.1 Å². The van der Waals surface area contributed by atoms with Crippen molar-refractivity contribution >= 4 is 23.4 Å². The number of halogens is 1. The maximum Gasteiger partial charge on any atom is 0.0417 e. The summed E-state index contributed by atoms with van der Waals surface area (Å²) in [5.41, 5.74) is 3.88. The lowest BCUT2D eigenvalue weighted by Crippen LogP contribution is -2.12. The Kier molecular flexibility index (Phi) is 5.53. The average Bonchev–Trinajstić information content (AvgIpc) is 2.42. The average molecular weight is 306 g/mol. The van der Waals surface area contributed by atoms with Gasteiger partial charge in [-0.05, 0) is 55.3 Å². The highest BCUT2D eigenvalue weighted by atomic mass is 35.5. The number of rotatable bonds is 5. The van der Waals surface area contributed by atoms with Crippen LogP contribution < -0.4 is 5.32 Å². The molecule has 1 N–H and O–H groups in total. The van der Waals surface area contributed by atoms with Crippen molar-refractivity contribution in [1.82, 2.24) is 5.32 Å². The Balaban J connectivity index is 2.31. The highest BCUT2D eigenvalue weighted by molar-refractivity contribution is 7.99. The van der Waals surface area contributed by atoms with Crippen LogP contribution in [-0.4, -0.2) is 6.54 Å². The predicted octanol–water partition coefficient (Wildman–Crippen LogP) is 5.22. The van der Waals surface area contributed by atoms with Crippen molar-refractivity contribution in [3.05, 3.63) is 58.1 Å². The minimum absolute atomic E-state index is 0.790. The molecule has 106 valence electrons. The van der Waals surface area contributed by atoms with Crippen molar-refractivity contribution in [3.63, 3.8) is 0 Å². The minimum atomic E-state index is 0.790. The fourth-order valence-corrected chi connectivity index (χ4v) is 3.37. The molecule has 20 heavy (non-hydrogen) atoms. The van der Waals surface area contributed by atoms with Crippen LogP contribution in [0.3, 0.4) is 0 Å². The van der Waals surface area contributed by atoms with E-state index < -0.39 is 0 Å². The Labute approximate surface area is 130 Å². The molecule has 0 radical (unpaired) electrons. The minimum Gasteiger partial charge on any atom is -0.313 e. The van der Waals surface area contributed by atoms with Crippen molar-refractivity contribution in [2.24, 2.45) is 0 Å². The van der Waals surface area contributed by atoms with Gasteiger partial charge in [0.1, 0.15) is 0 Å². The molecule has 0 aromatic heterocycles. The van der Waals surface area contributed by atoms with Crippen molar-refractivity contribution in [2.45, 2.75) is 37.1 Å². The van der Waals surface area contributed by atoms with Gasteiger partial charge in [-0.25, -0.2) is 0 Å². The first-order valence-electron chi connectivity index (χ1n) is 6.84. The van der Waals surface area contributed by atoms with Gasteiger partial charge in [0, 0.05) is 21.4 Å². The summed E-state index contributed by atoms with van der Waals surface area (Å²) < 4.78 is 0. The van der Waals surface area contributed by atoms with Crippen LogP contribution in [-0.2, 0) is 6.54 Å². The highest BCUT2D eigenvalue weighted by Crippen LogP contribution is 2.34. The lowest BCUT2D eigenvalue weighted by molar-refractivity contribution is 0.718. The van der Waals surface area contributed by atoms with Crippen LogP contribution in [0.5, 0.6) is 0 Å². The Hall–Kier alpha value is -0.960. The van der Waals surface area contributed by atoms with Gasteiger partial charge >= 0.3 is 0 Å². The van der Waals surface area contributed by atoms with E-state index in [9.17, 15) is 0 Å². The van der Waals surface area contributed by atoms with Crippen LogP contribution >= 0.6 is 23.4 Å². The first-order chi connectivity index (χ1) is 9.60. The van der Waals surface area contributed by atoms with Gasteiger partial charge in [-0.15, -0.1) is 0 Å². The molecular weight excluding hydrogens is 286 g/mol. The zero-order valence-corrected chi connectivity index (χ0v) is 13.7. The first kappa shape index (κ1) is 15.4. The first-order valence-corrected chi connectivity index (χ1v) is 8.04. The third-order valence-electron chi connectivity index (χ3n) is 3.16. The van der Waals surface area contributed by atoms with Gasteiger partial charge in [0.05, 0.1) is 0 Å². The Morgan fingerprint density at radius 3 is 2.60 bits per heavy atom. The van der Waals surface area contributed by atoms with Crippen molar-refractivity contribution in [1.29, 1.82) is 0 Å². The summed E-state index contributed by atoms with van der Waals surface area (Å²) in [6.07, 6.45) is 0. The van der Waals surface area contributed by atoms with Gasteiger partial charge in [-0.2, -0.15) is 0 Å². The summed E-state index contributed by atoms with van der Waals surface area (Å²) in [4.78, 5) is 2.53. The second-order valence-electron chi connectivity index (χ2n) is 4.90. The van der Waals surface area contributed by atoms with Gasteiger partial charge in [-0.3, -0.25) is 0 Å². The molecular formula is C17H20ClNS. The van der Waals surface area contributed by atoms with E-state index in [1.54, 1.807) is 11.8 Å². The fraction of sp³-hybridized carbons (Fsp3) is 0.294. The fourth-order valence-electron chi connectivity index (χ4n) is 1.96. The molecule has 0 fully saturated rings. The molecule has 2 aromatic rings. The van der Waals surface area contributed by atoms with Crippen LogP contribution in [0.1, 0.15) is 23.6 Å². The molecule has 3 heteroatoms. The summed E-state index contributed by atoms with van der Waals surface area (Å²) in [7, 11) is 0. The summed E-state index contributed by atoms with van der Waals surface area (Å²) >= 11 is 7.95. The lowest BCUT2D eigenvalue weighted by Gasteiger charge is -2.12. The standard InChI is InChI=1S/C17H20ClNS/c1-4-19-11-14-7-8-15(18)10-17(14)20-16-9-12(2)5-6-13(16)3/h5-10,19H,4,11H2,1-3H3. The molecule has 2 rings (SSSR count). The highest BCUT2D eigenvalue weighted by Gasteiger charge is 2.07. The number of aryl methyl sites for hydroxylation is 2. The van der Waals surface area contributed by atoms with Gasteiger partial charge in [0.2, 0.25) is 0 Å². The topological polar surface area (TPSA) is 12.0 Å². The molecule has 0 aliphatic rings. The number of benzene rings is 2. The third kappa shape index (κ3) is 4.02. The van der Waals surface area contributed by atoms with E-state index in [4.69, 9.17) is 11.6 Å². The van der Waals surface area contributed by atoms with E-state index in [1.807, 2.05) is 6.07 Å². The number of hydrogen-bond acceptors (Lipinski definition) is 2. The van der Waals surface area contributed by atoms with Gasteiger partial charge in [-0.1, -0.05) is 48.5 Å². The van der Waals surface area contributed by atoms with E-state index in [-0.39, 0.29) is 0 Å². The predicted molar refractivity (Wildman–Crippen MR) is 88.9 cm³/mol. The maximum absolute atomic E-state index is 6.15. The quantitative estimate of drug-likeness (QED) is 0.813. The molecule has 1 nitrogen and oxygen atoms in total. The lowest BCUT2D eigenvalue weighted by atomic mass is 10.2. The van der Waals surface area contributed by atoms with Crippen LogP contribution in [0.2, 0.25) is 5.02 Å². The summed E-state index contributed by atoms with van der Waals surface area (Å²) in [6.45, 7) is 8.24. The molecule has 0 saturated carbocycles. The smallest absolute Gasteiger partial charge is 0.0417 e. The molecule has 0 aliphatic heterocycles. The molecule has 0 bridgehead atoms. The summed E-state index contributed by atoms with van der Waals surface area (Å²) in [5, 5.41) is 4.17. The molecule has 0 spiro atoms. The van der Waals surface area contributed by atoms with E-state index >= 15 is 0 Å². The summed E-state index contributed by atoms with van der Waals surface area (Å²) in [5.74, 6) is 0. The van der Waals surface area contributed by atoms with Crippen LogP contribution in [0, 0.1) is 13.8 Å². The molecule has 0 heterocycles. The van der Waals surface area contributed by atoms with E-state index in [0.29, 0.717) is 0 Å². The summed E-state index contributed by atoms with van der Waals surface area (Å²) in [6, 6.07) is 12.7. The van der Waals surface area contributed by atoms with Crippen molar-refractivity contribution in [3.8, 4) is 0 Å². The second-order valence-corrected chi connectivity index (χ2v) is 6.42. The molecule has 0 unspecified atom stereocenters. The zero-order valence-electron chi connectivity index (χ0n) is 12.2. The molecule has 2 aromatic carbocycles. The molecule has 0 aliphatic carbocycles. The van der Waals surface area contributed by atoms with Gasteiger partial charge < -0.3 is 5.32 Å². The van der Waals surface area contributed by atoms with Crippen LogP contribution in [0.4, 0.5) is 0 Å².